The van der Waals surface area contributed by atoms with Gasteiger partial charge >= 0.3 is 0 Å². The Balaban J connectivity index is 2.52. The van der Waals surface area contributed by atoms with Gasteiger partial charge in [-0.15, -0.1) is 0 Å². The largest absolute Gasteiger partial charge is 0.387 e. The van der Waals surface area contributed by atoms with Crippen molar-refractivity contribution < 1.29 is 4.79 Å². The fourth-order valence-electron chi connectivity index (χ4n) is 1.77. The molecule has 0 fully saturated rings. The first-order valence-corrected chi connectivity index (χ1v) is 6.82. The number of hydrogen-bond acceptors (Lipinski definition) is 2. The van der Waals surface area contributed by atoms with Crippen molar-refractivity contribution >= 4 is 23.2 Å². The molecule has 0 heterocycles. The van der Waals surface area contributed by atoms with E-state index in [1.54, 1.807) is 19.2 Å². The number of carbonyl (C=O) groups is 1. The molecule has 0 aliphatic heterocycles. The standard InChI is InChI=1S/C14H21ClN2O/c1-3-4-5-6-9-17-14(18)12-10-11(15)7-8-13(12)16-2/h7-8,10,16H,3-6,9H2,1-2H3,(H,17,18). The average molecular weight is 269 g/mol. The SMILES string of the molecule is CCCCCCNC(=O)c1cc(Cl)ccc1NC. The van der Waals surface area contributed by atoms with Crippen LogP contribution in [-0.2, 0) is 0 Å². The van der Waals surface area contributed by atoms with Gasteiger partial charge in [0.05, 0.1) is 5.56 Å². The number of carbonyl (C=O) groups excluding carboxylic acids is 1. The molecule has 0 aliphatic carbocycles. The van der Waals surface area contributed by atoms with E-state index in [1.165, 1.54) is 12.8 Å². The molecule has 1 aromatic rings. The summed E-state index contributed by atoms with van der Waals surface area (Å²) in [5, 5.41) is 6.49. The second-order valence-corrected chi connectivity index (χ2v) is 4.69. The van der Waals surface area contributed by atoms with Gasteiger partial charge in [0.25, 0.3) is 5.91 Å². The Hall–Kier alpha value is -1.22. The van der Waals surface area contributed by atoms with Crippen molar-refractivity contribution in [2.45, 2.75) is 32.6 Å². The molecule has 3 nitrogen and oxygen atoms in total. The van der Waals surface area contributed by atoms with Crippen molar-refractivity contribution in [2.75, 3.05) is 18.9 Å². The molecular formula is C14H21ClN2O. The first-order valence-electron chi connectivity index (χ1n) is 6.44. The second kappa shape index (κ2) is 7.98. The lowest BCUT2D eigenvalue weighted by atomic mass is 10.1. The van der Waals surface area contributed by atoms with Crippen LogP contribution in [0.5, 0.6) is 0 Å². The van der Waals surface area contributed by atoms with Crippen molar-refractivity contribution in [3.63, 3.8) is 0 Å². The van der Waals surface area contributed by atoms with Crippen LogP contribution in [-0.4, -0.2) is 19.5 Å². The summed E-state index contributed by atoms with van der Waals surface area (Å²) in [6, 6.07) is 5.27. The number of rotatable bonds is 7. The summed E-state index contributed by atoms with van der Waals surface area (Å²) >= 11 is 5.91. The Kier molecular flexibility index (Phi) is 6.58. The van der Waals surface area contributed by atoms with Gasteiger partial charge in [-0.1, -0.05) is 37.8 Å². The summed E-state index contributed by atoms with van der Waals surface area (Å²) in [7, 11) is 1.79. The summed E-state index contributed by atoms with van der Waals surface area (Å²) < 4.78 is 0. The van der Waals surface area contributed by atoms with Crippen molar-refractivity contribution in [2.24, 2.45) is 0 Å². The molecule has 0 atom stereocenters. The molecule has 1 aromatic carbocycles. The summed E-state index contributed by atoms with van der Waals surface area (Å²) in [4.78, 5) is 12.0. The lowest BCUT2D eigenvalue weighted by Gasteiger charge is -2.10. The van der Waals surface area contributed by atoms with Crippen LogP contribution in [0.15, 0.2) is 18.2 Å². The zero-order chi connectivity index (χ0) is 13.4. The monoisotopic (exact) mass is 268 g/mol. The molecule has 1 rings (SSSR count). The van der Waals surface area contributed by atoms with Crippen LogP contribution < -0.4 is 10.6 Å². The van der Waals surface area contributed by atoms with Crippen molar-refractivity contribution in [3.8, 4) is 0 Å². The van der Waals surface area contributed by atoms with Crippen LogP contribution >= 0.6 is 11.6 Å². The van der Waals surface area contributed by atoms with Crippen LogP contribution in [0.2, 0.25) is 5.02 Å². The fraction of sp³-hybridized carbons (Fsp3) is 0.500. The van der Waals surface area contributed by atoms with Crippen molar-refractivity contribution in [1.82, 2.24) is 5.32 Å². The Labute approximate surface area is 114 Å². The van der Waals surface area contributed by atoms with E-state index in [9.17, 15) is 4.79 Å². The first kappa shape index (κ1) is 14.8. The molecular weight excluding hydrogens is 248 g/mol. The minimum atomic E-state index is -0.0710. The maximum Gasteiger partial charge on any atom is 0.253 e. The van der Waals surface area contributed by atoms with Gasteiger partial charge in [-0.05, 0) is 24.6 Å². The topological polar surface area (TPSA) is 41.1 Å². The normalized spacial score (nSPS) is 10.2. The number of hydrogen-bond donors (Lipinski definition) is 2. The van der Waals surface area contributed by atoms with Crippen LogP contribution in [0.4, 0.5) is 5.69 Å². The van der Waals surface area contributed by atoms with E-state index in [0.717, 1.165) is 18.5 Å². The van der Waals surface area contributed by atoms with E-state index < -0.39 is 0 Å². The van der Waals surface area contributed by atoms with Crippen LogP contribution in [0.1, 0.15) is 43.0 Å². The van der Waals surface area contributed by atoms with Gasteiger partial charge in [-0.3, -0.25) is 4.79 Å². The number of halogens is 1. The third-order valence-electron chi connectivity index (χ3n) is 2.81. The quantitative estimate of drug-likeness (QED) is 0.741. The maximum absolute atomic E-state index is 12.0. The zero-order valence-electron chi connectivity index (χ0n) is 11.1. The molecule has 4 heteroatoms. The molecule has 0 spiro atoms. The van der Waals surface area contributed by atoms with Gasteiger partial charge < -0.3 is 10.6 Å². The minimum absolute atomic E-state index is 0.0710. The smallest absolute Gasteiger partial charge is 0.253 e. The van der Waals surface area contributed by atoms with Crippen LogP contribution in [0.3, 0.4) is 0 Å². The molecule has 0 unspecified atom stereocenters. The average Bonchev–Trinajstić information content (AvgIpc) is 2.38. The molecule has 0 saturated heterocycles. The van der Waals surface area contributed by atoms with Crippen LogP contribution in [0, 0.1) is 0 Å². The van der Waals surface area contributed by atoms with Gasteiger partial charge in [-0.2, -0.15) is 0 Å². The third kappa shape index (κ3) is 4.57. The predicted molar refractivity (Wildman–Crippen MR) is 77.5 cm³/mol. The number of nitrogens with one attached hydrogen (secondary N) is 2. The minimum Gasteiger partial charge on any atom is -0.387 e. The Bertz CT molecular complexity index is 393. The van der Waals surface area contributed by atoms with Gasteiger partial charge in [0.2, 0.25) is 0 Å². The number of amides is 1. The molecule has 0 radical (unpaired) electrons. The summed E-state index contributed by atoms with van der Waals surface area (Å²) in [6.45, 7) is 2.89. The van der Waals surface area contributed by atoms with Gasteiger partial charge in [-0.25, -0.2) is 0 Å². The van der Waals surface area contributed by atoms with E-state index in [4.69, 9.17) is 11.6 Å². The van der Waals surface area contributed by atoms with Crippen molar-refractivity contribution in [3.05, 3.63) is 28.8 Å². The Morgan fingerprint density at radius 3 is 2.72 bits per heavy atom. The number of benzene rings is 1. The highest BCUT2D eigenvalue weighted by Gasteiger charge is 2.10. The van der Waals surface area contributed by atoms with E-state index in [-0.39, 0.29) is 5.91 Å². The summed E-state index contributed by atoms with van der Waals surface area (Å²) in [5.74, 6) is -0.0710. The highest BCUT2D eigenvalue weighted by Crippen LogP contribution is 2.20. The lowest BCUT2D eigenvalue weighted by molar-refractivity contribution is 0.0953. The predicted octanol–water partition coefficient (Wildman–Crippen LogP) is 3.69. The molecule has 0 aliphatic rings. The number of unbranched alkanes of at least 4 members (excludes halogenated alkanes) is 3. The molecule has 2 N–H and O–H groups in total. The summed E-state index contributed by atoms with van der Waals surface area (Å²) in [5.41, 5.74) is 1.39. The first-order chi connectivity index (χ1) is 8.69. The highest BCUT2D eigenvalue weighted by atomic mass is 35.5. The highest BCUT2D eigenvalue weighted by molar-refractivity contribution is 6.31. The van der Waals surface area contributed by atoms with E-state index >= 15 is 0 Å². The van der Waals surface area contributed by atoms with Crippen LogP contribution in [0.25, 0.3) is 0 Å². The van der Waals surface area contributed by atoms with E-state index in [2.05, 4.69) is 17.6 Å². The molecule has 0 bridgehead atoms. The van der Waals surface area contributed by atoms with Gasteiger partial charge in [0.1, 0.15) is 0 Å². The number of anilines is 1. The summed E-state index contributed by atoms with van der Waals surface area (Å²) in [6.07, 6.45) is 4.60. The molecule has 1 amide bonds. The van der Waals surface area contributed by atoms with E-state index in [1.807, 2.05) is 6.07 Å². The molecule has 100 valence electrons. The Morgan fingerprint density at radius 2 is 2.06 bits per heavy atom. The zero-order valence-corrected chi connectivity index (χ0v) is 11.8. The third-order valence-corrected chi connectivity index (χ3v) is 3.05. The maximum atomic E-state index is 12.0. The molecule has 18 heavy (non-hydrogen) atoms. The Morgan fingerprint density at radius 1 is 1.28 bits per heavy atom. The molecule has 0 aromatic heterocycles. The lowest BCUT2D eigenvalue weighted by Crippen LogP contribution is -2.25. The van der Waals surface area contributed by atoms with Gasteiger partial charge in [0.15, 0.2) is 0 Å². The van der Waals surface area contributed by atoms with E-state index in [0.29, 0.717) is 17.1 Å². The fourth-order valence-corrected chi connectivity index (χ4v) is 1.94. The molecule has 0 saturated carbocycles. The van der Waals surface area contributed by atoms with Gasteiger partial charge in [0, 0.05) is 24.3 Å². The second-order valence-electron chi connectivity index (χ2n) is 4.26. The van der Waals surface area contributed by atoms with Crippen molar-refractivity contribution in [1.29, 1.82) is 0 Å².